The second kappa shape index (κ2) is 17.5. The quantitative estimate of drug-likeness (QED) is 0.140. The Morgan fingerprint density at radius 1 is 0.175 bits per heavy atom. The number of anilines is 6. The first-order chi connectivity index (χ1) is 39.7. The van der Waals surface area contributed by atoms with Crippen LogP contribution in [0.3, 0.4) is 0 Å². The molecule has 15 aromatic carbocycles. The highest BCUT2D eigenvalue weighted by Crippen LogP contribution is 2.56. The lowest BCUT2D eigenvalue weighted by Crippen LogP contribution is -2.11. The maximum absolute atomic E-state index is 2.50. The first kappa shape index (κ1) is 44.6. The molecule has 2 aliphatic carbocycles. The van der Waals surface area contributed by atoms with Crippen LogP contribution in [0.25, 0.3) is 131 Å². The largest absolute Gasteiger partial charge is 0.310 e. The molecule has 0 bridgehead atoms. The average molecular weight is 1010 g/mol. The van der Waals surface area contributed by atoms with Crippen molar-refractivity contribution < 1.29 is 0 Å². The van der Waals surface area contributed by atoms with Crippen LogP contribution in [0.4, 0.5) is 34.1 Å². The van der Waals surface area contributed by atoms with Gasteiger partial charge in [0.1, 0.15) is 0 Å². The number of fused-ring (bicyclic) bond motifs is 10. The highest BCUT2D eigenvalue weighted by atomic mass is 15.1. The Morgan fingerprint density at radius 2 is 0.500 bits per heavy atom. The highest BCUT2D eigenvalue weighted by molar-refractivity contribution is 6.30. The van der Waals surface area contributed by atoms with E-state index in [1.807, 2.05) is 0 Å². The second-order valence-corrected chi connectivity index (χ2v) is 21.4. The smallest absolute Gasteiger partial charge is 0.0540 e. The van der Waals surface area contributed by atoms with Crippen molar-refractivity contribution in [2.75, 3.05) is 9.80 Å². The van der Waals surface area contributed by atoms with Crippen molar-refractivity contribution in [1.82, 2.24) is 0 Å². The Hall–Kier alpha value is -10.5. The second-order valence-electron chi connectivity index (χ2n) is 21.4. The molecule has 0 atom stereocenters. The predicted molar refractivity (Wildman–Crippen MR) is 341 cm³/mol. The molecule has 370 valence electrons. The third-order valence-corrected chi connectivity index (χ3v) is 17.3. The van der Waals surface area contributed by atoms with Crippen LogP contribution in [0.1, 0.15) is 0 Å². The lowest BCUT2D eigenvalue weighted by Gasteiger charge is -2.29. The standard InChI is InChI=1S/C78H48N2/c1-3-23-51(24-4-1)79(73-37-15-21-49-19-7-9-27-55(49)73)53-39-41-69-71(47-53)77(67-45-43-65-59-31-13-11-29-57(59)61-33-17-35-63(67)75(61)65)70-42-40-54(80(52-25-5-2-6-26-52)74-38-16-22-50-20-8-10-28-56(50)74)48-72(70)78(69)68-46-44-66-60-32-14-12-30-58(60)62-34-18-36-64(68)76(62)66/h1-48H. The van der Waals surface area contributed by atoms with E-state index in [0.717, 1.165) is 34.1 Å². The van der Waals surface area contributed by atoms with Crippen LogP contribution in [0.5, 0.6) is 0 Å². The molecule has 0 unspecified atom stereocenters. The van der Waals surface area contributed by atoms with Crippen LogP contribution in [0, 0.1) is 0 Å². The van der Waals surface area contributed by atoms with Gasteiger partial charge in [-0.2, -0.15) is 0 Å². The minimum atomic E-state index is 1.09. The van der Waals surface area contributed by atoms with Crippen molar-refractivity contribution >= 4 is 98.8 Å². The van der Waals surface area contributed by atoms with Gasteiger partial charge in [-0.3, -0.25) is 0 Å². The van der Waals surface area contributed by atoms with E-state index in [9.17, 15) is 0 Å². The van der Waals surface area contributed by atoms with E-state index < -0.39 is 0 Å². The molecule has 17 rings (SSSR count). The molecule has 2 nitrogen and oxygen atoms in total. The normalized spacial score (nSPS) is 12.0. The zero-order valence-corrected chi connectivity index (χ0v) is 43.6. The third-order valence-electron chi connectivity index (χ3n) is 17.3. The fraction of sp³-hybridized carbons (Fsp3) is 0. The van der Waals surface area contributed by atoms with Gasteiger partial charge in [0.15, 0.2) is 0 Å². The summed E-state index contributed by atoms with van der Waals surface area (Å²) in [6.07, 6.45) is 0. The van der Waals surface area contributed by atoms with E-state index in [1.165, 1.54) is 131 Å². The van der Waals surface area contributed by atoms with Gasteiger partial charge in [-0.25, -0.2) is 0 Å². The summed E-state index contributed by atoms with van der Waals surface area (Å²) in [5.74, 6) is 0. The van der Waals surface area contributed by atoms with Gasteiger partial charge in [0.05, 0.1) is 11.4 Å². The monoisotopic (exact) mass is 1010 g/mol. The molecule has 0 radical (unpaired) electrons. The Labute approximate surface area is 463 Å². The summed E-state index contributed by atoms with van der Waals surface area (Å²) in [6.45, 7) is 0. The molecular formula is C78H48N2. The van der Waals surface area contributed by atoms with Crippen LogP contribution in [-0.2, 0) is 0 Å². The van der Waals surface area contributed by atoms with E-state index in [4.69, 9.17) is 0 Å². The van der Waals surface area contributed by atoms with Crippen LogP contribution < -0.4 is 9.80 Å². The number of rotatable bonds is 8. The molecule has 0 aliphatic heterocycles. The molecule has 0 N–H and O–H groups in total. The van der Waals surface area contributed by atoms with Crippen molar-refractivity contribution in [3.63, 3.8) is 0 Å². The maximum Gasteiger partial charge on any atom is 0.0540 e. The first-order valence-electron chi connectivity index (χ1n) is 27.7. The van der Waals surface area contributed by atoms with E-state index >= 15 is 0 Å². The van der Waals surface area contributed by atoms with Gasteiger partial charge in [-0.1, -0.05) is 231 Å². The van der Waals surface area contributed by atoms with Gasteiger partial charge in [0, 0.05) is 33.5 Å². The van der Waals surface area contributed by atoms with Crippen LogP contribution in [0.15, 0.2) is 291 Å². The van der Waals surface area contributed by atoms with Crippen LogP contribution in [-0.4, -0.2) is 0 Å². The first-order valence-corrected chi connectivity index (χ1v) is 27.7. The maximum atomic E-state index is 2.50. The summed E-state index contributed by atoms with van der Waals surface area (Å²) >= 11 is 0. The Kier molecular flexibility index (Phi) is 9.75. The van der Waals surface area contributed by atoms with Crippen molar-refractivity contribution in [2.45, 2.75) is 0 Å². The lowest BCUT2D eigenvalue weighted by molar-refractivity contribution is 1.30. The average Bonchev–Trinajstić information content (AvgIpc) is 4.14. The van der Waals surface area contributed by atoms with Crippen molar-refractivity contribution in [1.29, 1.82) is 0 Å². The lowest BCUT2D eigenvalue weighted by atomic mass is 9.82. The molecule has 0 heterocycles. The zero-order chi connectivity index (χ0) is 52.4. The van der Waals surface area contributed by atoms with Crippen molar-refractivity contribution in [3.8, 4) is 66.8 Å². The summed E-state index contributed by atoms with van der Waals surface area (Å²) in [5.41, 5.74) is 21.8. The molecule has 2 heteroatoms. The van der Waals surface area contributed by atoms with E-state index in [1.54, 1.807) is 0 Å². The molecule has 15 aromatic rings. The molecule has 80 heavy (non-hydrogen) atoms. The third kappa shape index (κ3) is 6.54. The van der Waals surface area contributed by atoms with Gasteiger partial charge in [-0.05, 0) is 181 Å². The summed E-state index contributed by atoms with van der Waals surface area (Å²) in [5, 5.41) is 14.7. The van der Waals surface area contributed by atoms with E-state index in [0.29, 0.717) is 0 Å². The number of nitrogens with zero attached hydrogens (tertiary/aromatic N) is 2. The van der Waals surface area contributed by atoms with Gasteiger partial charge < -0.3 is 9.80 Å². The number of benzene rings is 15. The summed E-state index contributed by atoms with van der Waals surface area (Å²) in [7, 11) is 0. The topological polar surface area (TPSA) is 6.48 Å². The fourth-order valence-corrected chi connectivity index (χ4v) is 13.9. The molecule has 0 saturated heterocycles. The molecule has 0 fully saturated rings. The number of para-hydroxylation sites is 2. The summed E-state index contributed by atoms with van der Waals surface area (Å²) < 4.78 is 0. The van der Waals surface area contributed by atoms with Crippen molar-refractivity contribution in [3.05, 3.63) is 291 Å². The SMILES string of the molecule is c1ccc(N(c2ccc3c(-c4ccc5c6c(cccc46)-c4ccccc4-5)c4cc(N(c5ccccc5)c5cccc6ccccc56)ccc4c(-c4ccc5c6c(cccc46)-c4ccccc4-5)c3c2)c2cccc3ccccc23)cc1. The van der Waals surface area contributed by atoms with E-state index in [-0.39, 0.29) is 0 Å². The Bertz CT molecular complexity index is 4690. The van der Waals surface area contributed by atoms with Gasteiger partial charge >= 0.3 is 0 Å². The number of hydrogen-bond donors (Lipinski definition) is 0. The molecule has 0 aromatic heterocycles. The zero-order valence-electron chi connectivity index (χ0n) is 43.6. The fourth-order valence-electron chi connectivity index (χ4n) is 13.9. The minimum absolute atomic E-state index is 1.09. The van der Waals surface area contributed by atoms with Crippen molar-refractivity contribution in [2.24, 2.45) is 0 Å². The molecule has 2 aliphatic rings. The molecular weight excluding hydrogens is 965 g/mol. The Morgan fingerprint density at radius 3 is 0.938 bits per heavy atom. The Balaban J connectivity index is 1.03. The predicted octanol–water partition coefficient (Wildman–Crippen LogP) is 22.2. The minimum Gasteiger partial charge on any atom is -0.310 e. The van der Waals surface area contributed by atoms with Crippen LogP contribution >= 0.6 is 0 Å². The van der Waals surface area contributed by atoms with Crippen LogP contribution in [0.2, 0.25) is 0 Å². The van der Waals surface area contributed by atoms with E-state index in [2.05, 4.69) is 301 Å². The molecule has 0 spiro atoms. The molecule has 0 saturated carbocycles. The molecule has 0 amide bonds. The number of hydrogen-bond acceptors (Lipinski definition) is 2. The van der Waals surface area contributed by atoms with Gasteiger partial charge in [-0.15, -0.1) is 0 Å². The summed E-state index contributed by atoms with van der Waals surface area (Å²) in [4.78, 5) is 4.92. The van der Waals surface area contributed by atoms with Gasteiger partial charge in [0.2, 0.25) is 0 Å². The highest BCUT2D eigenvalue weighted by Gasteiger charge is 2.29. The summed E-state index contributed by atoms with van der Waals surface area (Å²) in [6, 6.07) is 109. The van der Waals surface area contributed by atoms with Gasteiger partial charge in [0.25, 0.3) is 0 Å².